The van der Waals surface area contributed by atoms with E-state index in [9.17, 15) is 8.42 Å². The molecular formula is C17H20N2O5S. The lowest BCUT2D eigenvalue weighted by Gasteiger charge is -2.38. The zero-order chi connectivity index (χ0) is 18.0. The zero-order valence-corrected chi connectivity index (χ0v) is 15.1. The minimum Gasteiger partial charge on any atom is -0.497 e. The maximum absolute atomic E-state index is 12.8. The molecule has 0 radical (unpaired) electrons. The molecular weight excluding hydrogens is 344 g/mol. The number of aryl methyl sites for hydroxylation is 1. The molecule has 0 saturated carbocycles. The first-order valence-corrected chi connectivity index (χ1v) is 9.19. The summed E-state index contributed by atoms with van der Waals surface area (Å²) in [5.41, 5.74) is 0.849. The van der Waals surface area contributed by atoms with Crippen molar-refractivity contribution in [3.63, 3.8) is 0 Å². The first kappa shape index (κ1) is 17.5. The van der Waals surface area contributed by atoms with Gasteiger partial charge in [-0.05, 0) is 25.1 Å². The van der Waals surface area contributed by atoms with E-state index in [1.165, 1.54) is 24.6 Å². The van der Waals surface area contributed by atoms with Crippen molar-refractivity contribution in [3.8, 4) is 17.2 Å². The molecule has 1 fully saturated rings. The van der Waals surface area contributed by atoms with E-state index in [0.717, 1.165) is 5.69 Å². The Morgan fingerprint density at radius 2 is 1.84 bits per heavy atom. The zero-order valence-electron chi connectivity index (χ0n) is 14.3. The second-order valence-corrected chi connectivity index (χ2v) is 7.62. The summed E-state index contributed by atoms with van der Waals surface area (Å²) in [6, 6.07) is 8.29. The van der Waals surface area contributed by atoms with Crippen molar-refractivity contribution < 1.29 is 22.6 Å². The fourth-order valence-corrected chi connectivity index (χ4v) is 4.26. The highest BCUT2D eigenvalue weighted by atomic mass is 32.2. The van der Waals surface area contributed by atoms with Crippen molar-refractivity contribution in [1.82, 2.24) is 9.29 Å². The molecule has 0 atom stereocenters. The van der Waals surface area contributed by atoms with E-state index < -0.39 is 10.0 Å². The summed E-state index contributed by atoms with van der Waals surface area (Å²) in [4.78, 5) is 4.20. The van der Waals surface area contributed by atoms with Gasteiger partial charge in [-0.25, -0.2) is 8.42 Å². The van der Waals surface area contributed by atoms with E-state index >= 15 is 0 Å². The largest absolute Gasteiger partial charge is 0.497 e. The van der Waals surface area contributed by atoms with E-state index in [1.807, 2.05) is 13.0 Å². The number of hydrogen-bond acceptors (Lipinski definition) is 6. The van der Waals surface area contributed by atoms with Crippen LogP contribution in [-0.2, 0) is 10.0 Å². The molecule has 8 heteroatoms. The van der Waals surface area contributed by atoms with Crippen LogP contribution in [0.15, 0.2) is 41.4 Å². The number of nitrogens with zero attached hydrogens (tertiary/aromatic N) is 2. The second-order valence-electron chi connectivity index (χ2n) is 5.71. The van der Waals surface area contributed by atoms with Gasteiger partial charge in [0.05, 0.1) is 27.3 Å². The van der Waals surface area contributed by atoms with Crippen molar-refractivity contribution in [2.45, 2.75) is 17.9 Å². The maximum Gasteiger partial charge on any atom is 0.247 e. The van der Waals surface area contributed by atoms with Gasteiger partial charge < -0.3 is 14.2 Å². The van der Waals surface area contributed by atoms with Crippen molar-refractivity contribution in [3.05, 3.63) is 42.2 Å². The Bertz CT molecular complexity index is 863. The Morgan fingerprint density at radius 3 is 2.48 bits per heavy atom. The van der Waals surface area contributed by atoms with Gasteiger partial charge in [0.2, 0.25) is 10.0 Å². The molecule has 1 aromatic carbocycles. The first-order chi connectivity index (χ1) is 11.9. The van der Waals surface area contributed by atoms with Crippen LogP contribution in [0.1, 0.15) is 5.69 Å². The maximum atomic E-state index is 12.8. The van der Waals surface area contributed by atoms with Crippen molar-refractivity contribution in [2.75, 3.05) is 27.3 Å². The van der Waals surface area contributed by atoms with Crippen LogP contribution in [-0.4, -0.2) is 51.1 Å². The molecule has 1 aliphatic rings. The average molecular weight is 364 g/mol. The van der Waals surface area contributed by atoms with Crippen LogP contribution in [0.2, 0.25) is 0 Å². The van der Waals surface area contributed by atoms with E-state index in [2.05, 4.69) is 4.98 Å². The molecule has 0 N–H and O–H groups in total. The molecule has 2 heterocycles. The van der Waals surface area contributed by atoms with Gasteiger partial charge in [-0.15, -0.1) is 0 Å². The lowest BCUT2D eigenvalue weighted by atomic mass is 10.2. The number of hydrogen-bond donors (Lipinski definition) is 0. The summed E-state index contributed by atoms with van der Waals surface area (Å²) >= 11 is 0. The van der Waals surface area contributed by atoms with Gasteiger partial charge in [-0.3, -0.25) is 4.98 Å². The smallest absolute Gasteiger partial charge is 0.247 e. The summed E-state index contributed by atoms with van der Waals surface area (Å²) in [6.45, 7) is 2.44. The minimum absolute atomic E-state index is 0.0903. The Morgan fingerprint density at radius 1 is 1.08 bits per heavy atom. The van der Waals surface area contributed by atoms with E-state index in [1.54, 1.807) is 24.4 Å². The summed E-state index contributed by atoms with van der Waals surface area (Å²) in [7, 11) is -0.747. The topological polar surface area (TPSA) is 78.0 Å². The molecule has 0 amide bonds. The molecule has 3 rings (SSSR count). The fraction of sp³-hybridized carbons (Fsp3) is 0.353. The Kier molecular flexibility index (Phi) is 4.82. The highest BCUT2D eigenvalue weighted by Crippen LogP contribution is 2.33. The summed E-state index contributed by atoms with van der Waals surface area (Å²) in [5.74, 6) is 1.43. The summed E-state index contributed by atoms with van der Waals surface area (Å²) in [6.07, 6.45) is 1.48. The molecule has 2 aromatic rings. The van der Waals surface area contributed by atoms with Crippen LogP contribution in [0.25, 0.3) is 0 Å². The van der Waals surface area contributed by atoms with Gasteiger partial charge in [0, 0.05) is 24.0 Å². The van der Waals surface area contributed by atoms with Gasteiger partial charge in [0.25, 0.3) is 0 Å². The van der Waals surface area contributed by atoms with Crippen molar-refractivity contribution in [1.29, 1.82) is 0 Å². The van der Waals surface area contributed by atoms with Crippen LogP contribution in [0.5, 0.6) is 17.2 Å². The van der Waals surface area contributed by atoms with Gasteiger partial charge in [-0.2, -0.15) is 4.31 Å². The molecule has 0 unspecified atom stereocenters. The van der Waals surface area contributed by atoms with Gasteiger partial charge in [-0.1, -0.05) is 0 Å². The van der Waals surface area contributed by atoms with E-state index in [4.69, 9.17) is 14.2 Å². The molecule has 1 aromatic heterocycles. The third-order valence-corrected chi connectivity index (χ3v) is 5.83. The molecule has 0 spiro atoms. The molecule has 134 valence electrons. The van der Waals surface area contributed by atoms with Gasteiger partial charge in [0.15, 0.2) is 0 Å². The number of rotatable bonds is 6. The quantitative estimate of drug-likeness (QED) is 0.779. The molecule has 0 aliphatic carbocycles. The third-order valence-electron chi connectivity index (χ3n) is 3.97. The second kappa shape index (κ2) is 6.89. The molecule has 0 bridgehead atoms. The highest BCUT2D eigenvalue weighted by molar-refractivity contribution is 7.89. The summed E-state index contributed by atoms with van der Waals surface area (Å²) < 4.78 is 43.1. The molecule has 1 aliphatic heterocycles. The predicted octanol–water partition coefficient (Wildman–Crippen LogP) is 1.86. The van der Waals surface area contributed by atoms with Gasteiger partial charge in [0.1, 0.15) is 28.2 Å². The lowest BCUT2D eigenvalue weighted by molar-refractivity contribution is 0.0759. The third kappa shape index (κ3) is 3.54. The molecule has 1 saturated heterocycles. The van der Waals surface area contributed by atoms with Crippen molar-refractivity contribution >= 4 is 10.0 Å². The van der Waals surface area contributed by atoms with E-state index in [0.29, 0.717) is 11.5 Å². The van der Waals surface area contributed by atoms with E-state index in [-0.39, 0.29) is 29.8 Å². The molecule has 7 nitrogen and oxygen atoms in total. The predicted molar refractivity (Wildman–Crippen MR) is 91.7 cm³/mol. The summed E-state index contributed by atoms with van der Waals surface area (Å²) in [5, 5.41) is 0. The number of pyridine rings is 1. The molecule has 25 heavy (non-hydrogen) atoms. The van der Waals surface area contributed by atoms with Crippen LogP contribution >= 0.6 is 0 Å². The highest BCUT2D eigenvalue weighted by Gasteiger charge is 2.39. The Hall–Kier alpha value is -2.32. The SMILES string of the molecule is COc1ccc(OC)c(S(=O)(=O)N2CC(Oc3ccnc(C)c3)C2)c1. The number of ether oxygens (including phenoxy) is 3. The Labute approximate surface area is 147 Å². The van der Waals surface area contributed by atoms with Crippen LogP contribution in [0.3, 0.4) is 0 Å². The standard InChI is InChI=1S/C17H20N2O5S/c1-12-8-14(6-7-18-12)24-15-10-19(11-15)25(20,21)17-9-13(22-2)4-5-16(17)23-3/h4-9,15H,10-11H2,1-3H3. The fourth-order valence-electron chi connectivity index (χ4n) is 2.58. The number of methoxy groups -OCH3 is 2. The van der Waals surface area contributed by atoms with Crippen LogP contribution in [0, 0.1) is 6.92 Å². The number of sulfonamides is 1. The number of benzene rings is 1. The Balaban J connectivity index is 1.73. The van der Waals surface area contributed by atoms with Crippen LogP contribution < -0.4 is 14.2 Å². The lowest BCUT2D eigenvalue weighted by Crippen LogP contribution is -2.56. The average Bonchev–Trinajstić information content (AvgIpc) is 2.57. The van der Waals surface area contributed by atoms with Crippen molar-refractivity contribution in [2.24, 2.45) is 0 Å². The number of aromatic nitrogens is 1. The van der Waals surface area contributed by atoms with Crippen LogP contribution in [0.4, 0.5) is 0 Å². The minimum atomic E-state index is -3.67. The van der Waals surface area contributed by atoms with Gasteiger partial charge >= 0.3 is 0 Å². The monoisotopic (exact) mass is 364 g/mol. The normalized spacial score (nSPS) is 15.5. The first-order valence-electron chi connectivity index (χ1n) is 7.75.